The predicted octanol–water partition coefficient (Wildman–Crippen LogP) is 1.91. The Labute approximate surface area is 96.5 Å². The molecule has 0 aromatic heterocycles. The molecule has 1 aromatic carbocycles. The lowest BCUT2D eigenvalue weighted by atomic mass is 9.67. The fourth-order valence-corrected chi connectivity index (χ4v) is 1.61. The van der Waals surface area contributed by atoms with Crippen LogP contribution in [-0.2, 0) is 22.6 Å². The zero-order valence-corrected chi connectivity index (χ0v) is 9.56. The summed E-state index contributed by atoms with van der Waals surface area (Å²) in [5.74, 6) is 0. The van der Waals surface area contributed by atoms with E-state index in [1.165, 1.54) is 5.56 Å². The molecule has 0 bridgehead atoms. The molecule has 0 aliphatic carbocycles. The van der Waals surface area contributed by atoms with E-state index in [4.69, 9.17) is 9.76 Å². The fourth-order valence-electron chi connectivity index (χ4n) is 1.61. The summed E-state index contributed by atoms with van der Waals surface area (Å²) < 4.78 is 4.70. The van der Waals surface area contributed by atoms with Gasteiger partial charge in [0.05, 0.1) is 0 Å². The van der Waals surface area contributed by atoms with Gasteiger partial charge in [-0.1, -0.05) is 37.5 Å². The van der Waals surface area contributed by atoms with Gasteiger partial charge in [0.2, 0.25) is 0 Å². The van der Waals surface area contributed by atoms with Crippen molar-refractivity contribution in [3.63, 3.8) is 0 Å². The van der Waals surface area contributed by atoms with Gasteiger partial charge < -0.3 is 9.76 Å². The van der Waals surface area contributed by atoms with E-state index in [-0.39, 0.29) is 6.92 Å². The molecule has 0 atom stereocenters. The molecule has 0 aliphatic rings. The lowest BCUT2D eigenvalue weighted by Crippen LogP contribution is -2.04. The van der Waals surface area contributed by atoms with Gasteiger partial charge in [0.1, 0.15) is 6.61 Å². The Kier molecular flexibility index (Phi) is 5.64. The Morgan fingerprint density at radius 1 is 1.44 bits per heavy atom. The minimum absolute atomic E-state index is 0.235. The minimum atomic E-state index is -0.235. The van der Waals surface area contributed by atoms with Gasteiger partial charge in [0.15, 0.2) is 0 Å². The number of carbonyl (C=O) groups is 1. The highest BCUT2D eigenvalue weighted by Gasteiger charge is 2.02. The second-order valence-electron chi connectivity index (χ2n) is 3.97. The second kappa shape index (κ2) is 7.07. The summed E-state index contributed by atoms with van der Waals surface area (Å²) in [5.41, 5.74) is 2.22. The van der Waals surface area contributed by atoms with Crippen LogP contribution in [0.4, 0.5) is 0 Å². The van der Waals surface area contributed by atoms with Gasteiger partial charge in [-0.3, -0.25) is 4.79 Å². The van der Waals surface area contributed by atoms with Gasteiger partial charge in [-0.15, -0.1) is 0 Å². The zero-order valence-electron chi connectivity index (χ0n) is 9.56. The van der Waals surface area contributed by atoms with Crippen molar-refractivity contribution in [1.82, 2.24) is 0 Å². The van der Waals surface area contributed by atoms with E-state index in [9.17, 15) is 4.79 Å². The lowest BCUT2D eigenvalue weighted by molar-refractivity contribution is -0.129. The number of hydrogen-bond donors (Lipinski definition) is 1. The highest BCUT2D eigenvalue weighted by atomic mass is 16.5. The number of ether oxygens (including phenoxy) is 1. The summed E-state index contributed by atoms with van der Waals surface area (Å²) in [5, 5.41) is 9.14. The van der Waals surface area contributed by atoms with E-state index in [2.05, 4.69) is 0 Å². The molecular weight excluding hydrogens is 203 g/mol. The first-order chi connectivity index (χ1) is 7.72. The highest BCUT2D eigenvalue weighted by molar-refractivity contribution is 6.48. The van der Waals surface area contributed by atoms with Gasteiger partial charge in [0, 0.05) is 0 Å². The van der Waals surface area contributed by atoms with E-state index >= 15 is 0 Å². The molecule has 0 spiro atoms. The second-order valence-corrected chi connectivity index (χ2v) is 3.97. The van der Waals surface area contributed by atoms with Crippen molar-refractivity contribution >= 4 is 13.4 Å². The maximum absolute atomic E-state index is 10.1. The predicted molar refractivity (Wildman–Crippen MR) is 64.3 cm³/mol. The normalized spacial score (nSPS) is 9.88. The molecule has 0 heterocycles. The molecule has 86 valence electrons. The molecule has 0 radical (unpaired) electrons. The van der Waals surface area contributed by atoms with Crippen molar-refractivity contribution in [2.45, 2.75) is 32.6 Å². The summed E-state index contributed by atoms with van der Waals surface area (Å²) in [6.45, 7) is 2.35. The van der Waals surface area contributed by atoms with Crippen LogP contribution in [0.1, 0.15) is 17.5 Å². The molecule has 0 saturated heterocycles. The van der Waals surface area contributed by atoms with E-state index in [1.54, 1.807) is 6.82 Å². The van der Waals surface area contributed by atoms with Crippen LogP contribution in [-0.4, -0.2) is 18.4 Å². The number of aryl methyl sites for hydroxylation is 1. The molecule has 0 amide bonds. The van der Waals surface area contributed by atoms with Crippen LogP contribution < -0.4 is 0 Å². The molecule has 0 saturated carbocycles. The van der Waals surface area contributed by atoms with Crippen molar-refractivity contribution < 1.29 is 14.6 Å². The molecular formula is C12H17BO3. The third-order valence-electron chi connectivity index (χ3n) is 2.40. The molecule has 1 N–H and O–H groups in total. The molecule has 16 heavy (non-hydrogen) atoms. The maximum atomic E-state index is 10.1. The number of carbonyl (C=O) groups excluding carboxylic acids is 1. The van der Waals surface area contributed by atoms with Crippen LogP contribution in [0, 0.1) is 0 Å². The number of hydrogen-bond acceptors (Lipinski definition) is 3. The Morgan fingerprint density at radius 3 is 2.88 bits per heavy atom. The summed E-state index contributed by atoms with van der Waals surface area (Å²) in [7, 11) is 0. The molecule has 3 nitrogen and oxygen atoms in total. The SMILES string of the molecule is CB(O)CCCc1cccc(COC=O)c1. The van der Waals surface area contributed by atoms with Crippen molar-refractivity contribution in [3.8, 4) is 0 Å². The zero-order chi connectivity index (χ0) is 11.8. The van der Waals surface area contributed by atoms with Gasteiger partial charge >= 0.3 is 0 Å². The summed E-state index contributed by atoms with van der Waals surface area (Å²) in [4.78, 5) is 10.1. The third-order valence-corrected chi connectivity index (χ3v) is 2.40. The van der Waals surface area contributed by atoms with Gasteiger partial charge in [-0.25, -0.2) is 0 Å². The van der Waals surface area contributed by atoms with Crippen LogP contribution in [0.25, 0.3) is 0 Å². The highest BCUT2D eigenvalue weighted by Crippen LogP contribution is 2.10. The first-order valence-corrected chi connectivity index (χ1v) is 5.53. The summed E-state index contributed by atoms with van der Waals surface area (Å²) in [6, 6.07) is 7.97. The molecule has 0 aliphatic heterocycles. The van der Waals surface area contributed by atoms with Crippen molar-refractivity contribution in [3.05, 3.63) is 35.4 Å². The van der Waals surface area contributed by atoms with E-state index in [0.717, 1.165) is 24.7 Å². The van der Waals surface area contributed by atoms with E-state index < -0.39 is 0 Å². The standard InChI is InChI=1S/C12H17BO3/c1-13(15)7-3-6-11-4-2-5-12(8-11)9-16-10-14/h2,4-5,8,10,15H,3,6-7,9H2,1H3. The van der Waals surface area contributed by atoms with Crippen molar-refractivity contribution in [1.29, 1.82) is 0 Å². The molecule has 0 unspecified atom stereocenters. The third kappa shape index (κ3) is 4.98. The molecule has 0 fully saturated rings. The summed E-state index contributed by atoms with van der Waals surface area (Å²) >= 11 is 0. The lowest BCUT2D eigenvalue weighted by Gasteiger charge is -2.05. The molecule has 4 heteroatoms. The average Bonchev–Trinajstić information content (AvgIpc) is 2.26. The van der Waals surface area contributed by atoms with E-state index in [0.29, 0.717) is 13.1 Å². The quantitative estimate of drug-likeness (QED) is 0.563. The Morgan fingerprint density at radius 2 is 2.19 bits per heavy atom. The Bertz CT molecular complexity index is 326. The number of rotatable bonds is 7. The maximum Gasteiger partial charge on any atom is 0.293 e. The fraction of sp³-hybridized carbons (Fsp3) is 0.417. The van der Waals surface area contributed by atoms with Crippen LogP contribution >= 0.6 is 0 Å². The van der Waals surface area contributed by atoms with Crippen LogP contribution in [0.5, 0.6) is 0 Å². The topological polar surface area (TPSA) is 46.5 Å². The Hall–Kier alpha value is -1.29. The summed E-state index contributed by atoms with van der Waals surface area (Å²) in [6.07, 6.45) is 2.73. The van der Waals surface area contributed by atoms with Crippen LogP contribution in [0.3, 0.4) is 0 Å². The first-order valence-electron chi connectivity index (χ1n) is 5.53. The van der Waals surface area contributed by atoms with E-state index in [1.807, 2.05) is 24.3 Å². The van der Waals surface area contributed by atoms with Crippen molar-refractivity contribution in [2.75, 3.05) is 0 Å². The Balaban J connectivity index is 2.43. The van der Waals surface area contributed by atoms with Gasteiger partial charge in [-0.2, -0.15) is 0 Å². The molecule has 1 rings (SSSR count). The van der Waals surface area contributed by atoms with Crippen LogP contribution in [0.2, 0.25) is 13.1 Å². The smallest absolute Gasteiger partial charge is 0.293 e. The number of benzene rings is 1. The molecule has 1 aromatic rings. The largest absolute Gasteiger partial charge is 0.463 e. The monoisotopic (exact) mass is 220 g/mol. The average molecular weight is 220 g/mol. The first kappa shape index (κ1) is 12.8. The van der Waals surface area contributed by atoms with Crippen LogP contribution in [0.15, 0.2) is 24.3 Å². The van der Waals surface area contributed by atoms with Crippen molar-refractivity contribution in [2.24, 2.45) is 0 Å². The minimum Gasteiger partial charge on any atom is -0.463 e. The van der Waals surface area contributed by atoms with Gasteiger partial charge in [0.25, 0.3) is 13.4 Å². The van der Waals surface area contributed by atoms with Gasteiger partial charge in [-0.05, 0) is 23.9 Å².